The van der Waals surface area contributed by atoms with Gasteiger partial charge in [-0.05, 0) is 50.1 Å². The van der Waals surface area contributed by atoms with Crippen molar-refractivity contribution in [1.82, 2.24) is 10.9 Å². The molecule has 2 aromatic rings. The summed E-state index contributed by atoms with van der Waals surface area (Å²) in [5.41, 5.74) is 6.80. The van der Waals surface area contributed by atoms with Gasteiger partial charge in [0.05, 0.1) is 0 Å². The van der Waals surface area contributed by atoms with Crippen molar-refractivity contribution in [1.29, 1.82) is 0 Å². The van der Waals surface area contributed by atoms with Crippen molar-refractivity contribution in [2.75, 3.05) is 0 Å². The second-order valence-electron chi connectivity index (χ2n) is 5.79. The number of carbonyl (C=O) groups is 2. The standard InChI is InChI=1S/C20H21FN2O3/c1-13-7-6-10-18(14(13)2)26-15(3)20(25)23-22-19(24)12-11-16-8-4-5-9-17(16)21/h4-12,15H,1-3H3,(H,22,24)(H,23,25)/b12-11+. The van der Waals surface area contributed by atoms with Crippen molar-refractivity contribution >= 4 is 17.9 Å². The van der Waals surface area contributed by atoms with Crippen molar-refractivity contribution < 1.29 is 18.7 Å². The number of benzene rings is 2. The predicted molar refractivity (Wildman–Crippen MR) is 97.7 cm³/mol. The van der Waals surface area contributed by atoms with Crippen molar-refractivity contribution in [3.63, 3.8) is 0 Å². The van der Waals surface area contributed by atoms with Crippen LogP contribution in [-0.2, 0) is 9.59 Å². The van der Waals surface area contributed by atoms with E-state index in [2.05, 4.69) is 10.9 Å². The van der Waals surface area contributed by atoms with Crippen molar-refractivity contribution in [3.8, 4) is 5.75 Å². The minimum absolute atomic E-state index is 0.278. The summed E-state index contributed by atoms with van der Waals surface area (Å²) in [6, 6.07) is 11.6. The Bertz CT molecular complexity index is 834. The summed E-state index contributed by atoms with van der Waals surface area (Å²) in [5, 5.41) is 0. The van der Waals surface area contributed by atoms with Crippen molar-refractivity contribution in [3.05, 3.63) is 71.0 Å². The van der Waals surface area contributed by atoms with Gasteiger partial charge in [0, 0.05) is 11.6 Å². The smallest absolute Gasteiger partial charge is 0.279 e. The van der Waals surface area contributed by atoms with Crippen LogP contribution >= 0.6 is 0 Å². The molecule has 2 rings (SSSR count). The molecule has 1 unspecified atom stereocenters. The summed E-state index contributed by atoms with van der Waals surface area (Å²) in [4.78, 5) is 23.8. The van der Waals surface area contributed by atoms with Gasteiger partial charge in [-0.15, -0.1) is 0 Å². The van der Waals surface area contributed by atoms with E-state index in [1.54, 1.807) is 25.1 Å². The molecule has 0 aliphatic heterocycles. The molecule has 136 valence electrons. The lowest BCUT2D eigenvalue weighted by molar-refractivity contribution is -0.131. The van der Waals surface area contributed by atoms with E-state index in [0.717, 1.165) is 17.2 Å². The van der Waals surface area contributed by atoms with E-state index in [4.69, 9.17) is 4.74 Å². The normalized spacial score (nSPS) is 11.8. The van der Waals surface area contributed by atoms with E-state index < -0.39 is 23.7 Å². The summed E-state index contributed by atoms with van der Waals surface area (Å²) in [6.07, 6.45) is 1.66. The van der Waals surface area contributed by atoms with Gasteiger partial charge in [-0.25, -0.2) is 4.39 Å². The van der Waals surface area contributed by atoms with E-state index in [1.165, 1.54) is 18.2 Å². The maximum absolute atomic E-state index is 13.5. The minimum Gasteiger partial charge on any atom is -0.481 e. The van der Waals surface area contributed by atoms with Gasteiger partial charge in [0.25, 0.3) is 11.8 Å². The first-order valence-corrected chi connectivity index (χ1v) is 8.14. The van der Waals surface area contributed by atoms with Crippen molar-refractivity contribution in [2.24, 2.45) is 0 Å². The number of hydrogen-bond acceptors (Lipinski definition) is 3. The fraction of sp³-hybridized carbons (Fsp3) is 0.200. The van der Waals surface area contributed by atoms with Crippen LogP contribution in [-0.4, -0.2) is 17.9 Å². The molecule has 5 nitrogen and oxygen atoms in total. The molecule has 1 atom stereocenters. The number of halogens is 1. The molecule has 0 aromatic heterocycles. The molecule has 2 amide bonds. The molecule has 6 heteroatoms. The Morgan fingerprint density at radius 1 is 1.08 bits per heavy atom. The fourth-order valence-electron chi connectivity index (χ4n) is 2.14. The quantitative estimate of drug-likeness (QED) is 0.639. The van der Waals surface area contributed by atoms with Gasteiger partial charge < -0.3 is 4.74 Å². The van der Waals surface area contributed by atoms with Crippen molar-refractivity contribution in [2.45, 2.75) is 26.9 Å². The fourth-order valence-corrected chi connectivity index (χ4v) is 2.14. The highest BCUT2D eigenvalue weighted by Gasteiger charge is 2.16. The molecular weight excluding hydrogens is 335 g/mol. The van der Waals surface area contributed by atoms with Crippen LogP contribution in [0.3, 0.4) is 0 Å². The SMILES string of the molecule is Cc1cccc(OC(C)C(=O)NNC(=O)/C=C/c2ccccc2F)c1C. The summed E-state index contributed by atoms with van der Waals surface area (Å²) in [7, 11) is 0. The number of carbonyl (C=O) groups excluding carboxylic acids is 2. The first kappa shape index (κ1) is 19.2. The van der Waals surface area contributed by atoms with Crippen LogP contribution in [0.25, 0.3) is 6.08 Å². The molecule has 0 fully saturated rings. The third-order valence-electron chi connectivity index (χ3n) is 3.86. The van der Waals surface area contributed by atoms with E-state index >= 15 is 0 Å². The Morgan fingerprint density at radius 2 is 1.81 bits per heavy atom. The average Bonchev–Trinajstić information content (AvgIpc) is 2.62. The zero-order valence-corrected chi connectivity index (χ0v) is 14.9. The number of amides is 2. The van der Waals surface area contributed by atoms with Gasteiger partial charge in [0.1, 0.15) is 11.6 Å². The number of ether oxygens (including phenoxy) is 1. The van der Waals surface area contributed by atoms with Gasteiger partial charge in [-0.1, -0.05) is 30.3 Å². The molecule has 0 bridgehead atoms. The van der Waals surface area contributed by atoms with E-state index in [-0.39, 0.29) is 5.56 Å². The van der Waals surface area contributed by atoms with Gasteiger partial charge >= 0.3 is 0 Å². The molecule has 26 heavy (non-hydrogen) atoms. The second kappa shape index (κ2) is 8.80. The maximum Gasteiger partial charge on any atom is 0.279 e. The molecule has 0 saturated carbocycles. The third-order valence-corrected chi connectivity index (χ3v) is 3.86. The van der Waals surface area contributed by atoms with Crippen LogP contribution in [0.5, 0.6) is 5.75 Å². The van der Waals surface area contributed by atoms with Crippen LogP contribution in [0.15, 0.2) is 48.5 Å². The van der Waals surface area contributed by atoms with E-state index in [1.807, 2.05) is 26.0 Å². The zero-order chi connectivity index (χ0) is 19.1. The van der Waals surface area contributed by atoms with Crippen LogP contribution in [0.4, 0.5) is 4.39 Å². The molecule has 0 saturated heterocycles. The molecular formula is C20H21FN2O3. The first-order valence-electron chi connectivity index (χ1n) is 8.14. The second-order valence-corrected chi connectivity index (χ2v) is 5.79. The van der Waals surface area contributed by atoms with Gasteiger partial charge in [-0.3, -0.25) is 20.4 Å². The minimum atomic E-state index is -0.800. The molecule has 0 radical (unpaired) electrons. The summed E-state index contributed by atoms with van der Waals surface area (Å²) >= 11 is 0. The van der Waals surface area contributed by atoms with Crippen LogP contribution in [0.1, 0.15) is 23.6 Å². The molecule has 0 aliphatic carbocycles. The Kier molecular flexibility index (Phi) is 6.49. The van der Waals surface area contributed by atoms with Gasteiger partial charge in [-0.2, -0.15) is 0 Å². The monoisotopic (exact) mass is 356 g/mol. The number of hydrogen-bond donors (Lipinski definition) is 2. The summed E-state index contributed by atoms with van der Waals surface area (Å²) in [5.74, 6) is -0.909. The van der Waals surface area contributed by atoms with Gasteiger partial charge in [0.2, 0.25) is 0 Å². The van der Waals surface area contributed by atoms with E-state index in [9.17, 15) is 14.0 Å². The zero-order valence-electron chi connectivity index (χ0n) is 14.9. The summed E-state index contributed by atoms with van der Waals surface area (Å²) in [6.45, 7) is 5.44. The maximum atomic E-state index is 13.5. The highest BCUT2D eigenvalue weighted by molar-refractivity contribution is 5.93. The lowest BCUT2D eigenvalue weighted by Gasteiger charge is -2.17. The average molecular weight is 356 g/mol. The molecule has 2 aromatic carbocycles. The van der Waals surface area contributed by atoms with E-state index in [0.29, 0.717) is 5.75 Å². The number of aryl methyl sites for hydroxylation is 1. The Morgan fingerprint density at radius 3 is 2.54 bits per heavy atom. The topological polar surface area (TPSA) is 67.4 Å². The van der Waals surface area contributed by atoms with Crippen LogP contribution in [0.2, 0.25) is 0 Å². The number of hydrazine groups is 1. The molecule has 2 N–H and O–H groups in total. The van der Waals surface area contributed by atoms with Crippen LogP contribution in [0, 0.1) is 19.7 Å². The van der Waals surface area contributed by atoms with Gasteiger partial charge in [0.15, 0.2) is 6.10 Å². The third kappa shape index (κ3) is 5.17. The Hall–Kier alpha value is -3.15. The lowest BCUT2D eigenvalue weighted by atomic mass is 10.1. The molecule has 0 aliphatic rings. The number of rotatable bonds is 5. The molecule has 0 spiro atoms. The highest BCUT2D eigenvalue weighted by atomic mass is 19.1. The van der Waals surface area contributed by atoms with Crippen LogP contribution < -0.4 is 15.6 Å². The Balaban J connectivity index is 1.86. The predicted octanol–water partition coefficient (Wildman–Crippen LogP) is 3.07. The first-order chi connectivity index (χ1) is 12.4. The molecule has 0 heterocycles. The Labute approximate surface area is 151 Å². The largest absolute Gasteiger partial charge is 0.481 e. The summed E-state index contributed by atoms with van der Waals surface area (Å²) < 4.78 is 19.1. The lowest BCUT2D eigenvalue weighted by Crippen LogP contribution is -2.46. The highest BCUT2D eigenvalue weighted by Crippen LogP contribution is 2.21. The number of nitrogens with one attached hydrogen (secondary N) is 2.